The molecular weight excluding hydrogens is 409 g/mol. The number of benzene rings is 1. The van der Waals surface area contributed by atoms with Gasteiger partial charge in [0.25, 0.3) is 5.71 Å². The Kier molecular flexibility index (Phi) is 5.76. The number of carbonyl (C=O) groups excluding carboxylic acids is 1. The summed E-state index contributed by atoms with van der Waals surface area (Å²) < 4.78 is 18.9. The molecule has 7 nitrogen and oxygen atoms in total. The van der Waals surface area contributed by atoms with Crippen LogP contribution in [0.25, 0.3) is 22.4 Å². The topological polar surface area (TPSA) is 75.4 Å². The number of hydrogen-bond acceptors (Lipinski definition) is 6. The molecule has 32 heavy (non-hydrogen) atoms. The molecule has 1 aliphatic heterocycles. The van der Waals surface area contributed by atoms with E-state index in [4.69, 9.17) is 4.52 Å². The van der Waals surface area contributed by atoms with Crippen LogP contribution in [0.5, 0.6) is 0 Å². The number of halogens is 1. The standard InChI is InChI=1S/C24H28FN5O2/c1-29(19-7-3-2-4-8-19)24(31)17-6-5-13-30(14-17)22-20-21(16-9-11-18(25)12-10-16)28-32-23(20)27-15-26-22/h9-12,15,17,19H,2-8,13-14H2,1H3. The number of amides is 1. The molecule has 168 valence electrons. The summed E-state index contributed by atoms with van der Waals surface area (Å²) in [4.78, 5) is 26.2. The van der Waals surface area contributed by atoms with Gasteiger partial charge in [0.2, 0.25) is 5.91 Å². The van der Waals surface area contributed by atoms with E-state index in [2.05, 4.69) is 20.0 Å². The van der Waals surface area contributed by atoms with Crippen molar-refractivity contribution in [1.82, 2.24) is 20.0 Å². The van der Waals surface area contributed by atoms with Crippen molar-refractivity contribution in [3.8, 4) is 11.3 Å². The van der Waals surface area contributed by atoms with Gasteiger partial charge in [-0.05, 0) is 49.9 Å². The zero-order valence-corrected chi connectivity index (χ0v) is 18.3. The van der Waals surface area contributed by atoms with E-state index in [1.54, 1.807) is 12.1 Å². The molecular formula is C24H28FN5O2. The fourth-order valence-electron chi connectivity index (χ4n) is 5.12. The minimum atomic E-state index is -0.308. The molecule has 1 aromatic carbocycles. The average Bonchev–Trinajstić information content (AvgIpc) is 3.28. The van der Waals surface area contributed by atoms with Gasteiger partial charge < -0.3 is 14.3 Å². The van der Waals surface area contributed by atoms with Crippen molar-refractivity contribution in [2.24, 2.45) is 5.92 Å². The van der Waals surface area contributed by atoms with Gasteiger partial charge in [0.05, 0.1) is 5.92 Å². The smallest absolute Gasteiger partial charge is 0.263 e. The van der Waals surface area contributed by atoms with Crippen LogP contribution >= 0.6 is 0 Å². The first-order chi connectivity index (χ1) is 15.6. The van der Waals surface area contributed by atoms with Crippen LogP contribution in [-0.2, 0) is 4.79 Å². The summed E-state index contributed by atoms with van der Waals surface area (Å²) in [6.45, 7) is 1.41. The van der Waals surface area contributed by atoms with Gasteiger partial charge in [-0.15, -0.1) is 0 Å². The van der Waals surface area contributed by atoms with Crippen molar-refractivity contribution in [2.45, 2.75) is 51.0 Å². The highest BCUT2D eigenvalue weighted by atomic mass is 19.1. The molecule has 1 unspecified atom stereocenters. The number of piperidine rings is 1. The fourth-order valence-corrected chi connectivity index (χ4v) is 5.12. The lowest BCUT2D eigenvalue weighted by atomic mass is 9.91. The highest BCUT2D eigenvalue weighted by molar-refractivity contribution is 5.98. The number of nitrogens with zero attached hydrogens (tertiary/aromatic N) is 5. The maximum absolute atomic E-state index is 13.4. The van der Waals surface area contributed by atoms with Crippen molar-refractivity contribution in [1.29, 1.82) is 0 Å². The van der Waals surface area contributed by atoms with Crippen LogP contribution in [0.2, 0.25) is 0 Å². The van der Waals surface area contributed by atoms with Crippen molar-refractivity contribution >= 4 is 22.8 Å². The van der Waals surface area contributed by atoms with Gasteiger partial charge in [-0.2, -0.15) is 4.98 Å². The van der Waals surface area contributed by atoms with Crippen LogP contribution in [0.15, 0.2) is 35.1 Å². The molecule has 0 N–H and O–H groups in total. The summed E-state index contributed by atoms with van der Waals surface area (Å²) in [7, 11) is 1.97. The minimum absolute atomic E-state index is 0.0603. The normalized spacial score (nSPS) is 19.9. The number of fused-ring (bicyclic) bond motifs is 1. The zero-order chi connectivity index (χ0) is 22.1. The lowest BCUT2D eigenvalue weighted by Crippen LogP contribution is -2.47. The van der Waals surface area contributed by atoms with Gasteiger partial charge in [0, 0.05) is 31.7 Å². The molecule has 5 rings (SSSR count). The third kappa shape index (κ3) is 3.94. The van der Waals surface area contributed by atoms with E-state index in [0.29, 0.717) is 35.2 Å². The number of aromatic nitrogens is 3. The second-order valence-electron chi connectivity index (χ2n) is 8.94. The average molecular weight is 438 g/mol. The maximum atomic E-state index is 13.4. The Bertz CT molecular complexity index is 1090. The Morgan fingerprint density at radius 1 is 1.09 bits per heavy atom. The lowest BCUT2D eigenvalue weighted by Gasteiger charge is -2.38. The van der Waals surface area contributed by atoms with Crippen molar-refractivity contribution in [2.75, 3.05) is 25.0 Å². The summed E-state index contributed by atoms with van der Waals surface area (Å²) in [5.74, 6) is 0.580. The zero-order valence-electron chi connectivity index (χ0n) is 18.3. The van der Waals surface area contributed by atoms with E-state index >= 15 is 0 Å². The Morgan fingerprint density at radius 3 is 2.66 bits per heavy atom. The molecule has 1 saturated heterocycles. The van der Waals surface area contributed by atoms with Crippen molar-refractivity contribution < 1.29 is 13.7 Å². The van der Waals surface area contributed by atoms with Gasteiger partial charge in [0.1, 0.15) is 29.0 Å². The summed E-state index contributed by atoms with van der Waals surface area (Å²) in [5, 5.41) is 4.89. The number of carbonyl (C=O) groups is 1. The first kappa shape index (κ1) is 20.8. The Balaban J connectivity index is 1.42. The molecule has 3 heterocycles. The molecule has 2 fully saturated rings. The van der Waals surface area contributed by atoms with Gasteiger partial charge in [-0.3, -0.25) is 4.79 Å². The highest BCUT2D eigenvalue weighted by Gasteiger charge is 2.33. The third-order valence-electron chi connectivity index (χ3n) is 6.91. The van der Waals surface area contributed by atoms with Crippen molar-refractivity contribution in [3.05, 3.63) is 36.4 Å². The van der Waals surface area contributed by atoms with E-state index in [9.17, 15) is 9.18 Å². The molecule has 1 saturated carbocycles. The number of rotatable bonds is 4. The van der Waals surface area contributed by atoms with Gasteiger partial charge in [-0.1, -0.05) is 24.4 Å². The van der Waals surface area contributed by atoms with E-state index < -0.39 is 0 Å². The molecule has 8 heteroatoms. The van der Waals surface area contributed by atoms with Crippen LogP contribution in [0.3, 0.4) is 0 Å². The van der Waals surface area contributed by atoms with Crippen LogP contribution in [0.4, 0.5) is 10.2 Å². The molecule has 0 spiro atoms. The molecule has 1 atom stereocenters. The summed E-state index contributed by atoms with van der Waals surface area (Å²) >= 11 is 0. The molecule has 0 bridgehead atoms. The molecule has 3 aromatic rings. The summed E-state index contributed by atoms with van der Waals surface area (Å²) in [5.41, 5.74) is 1.72. The molecule has 2 aliphatic rings. The second-order valence-corrected chi connectivity index (χ2v) is 8.94. The van der Waals surface area contributed by atoms with Crippen molar-refractivity contribution in [3.63, 3.8) is 0 Å². The Hall–Kier alpha value is -3.03. The first-order valence-electron chi connectivity index (χ1n) is 11.5. The van der Waals surface area contributed by atoms with E-state index in [1.165, 1.54) is 37.7 Å². The number of hydrogen-bond donors (Lipinski definition) is 0. The second kappa shape index (κ2) is 8.84. The largest absolute Gasteiger partial charge is 0.355 e. The summed E-state index contributed by atoms with van der Waals surface area (Å²) in [6, 6.07) is 6.50. The predicted molar refractivity (Wildman–Crippen MR) is 120 cm³/mol. The fraction of sp³-hybridized carbons (Fsp3) is 0.500. The Morgan fingerprint density at radius 2 is 1.88 bits per heavy atom. The molecule has 1 amide bonds. The van der Waals surface area contributed by atoms with Crippen LogP contribution in [0, 0.1) is 11.7 Å². The van der Waals surface area contributed by atoms with Crippen LogP contribution in [0.1, 0.15) is 44.9 Å². The number of anilines is 1. The maximum Gasteiger partial charge on any atom is 0.263 e. The molecule has 1 aliphatic carbocycles. The highest BCUT2D eigenvalue weighted by Crippen LogP contribution is 2.35. The Labute approximate surface area is 186 Å². The minimum Gasteiger partial charge on any atom is -0.355 e. The first-order valence-corrected chi connectivity index (χ1v) is 11.5. The summed E-state index contributed by atoms with van der Waals surface area (Å²) in [6.07, 6.45) is 9.16. The van der Waals surface area contributed by atoms with Gasteiger partial charge in [0.15, 0.2) is 0 Å². The van der Waals surface area contributed by atoms with Gasteiger partial charge in [-0.25, -0.2) is 9.37 Å². The third-order valence-corrected chi connectivity index (χ3v) is 6.91. The molecule has 2 aromatic heterocycles. The molecule has 0 radical (unpaired) electrons. The SMILES string of the molecule is CN(C(=O)C1CCCN(c2ncnc3onc(-c4ccc(F)cc4)c23)C1)C1CCCCC1. The monoisotopic (exact) mass is 437 g/mol. The quantitative estimate of drug-likeness (QED) is 0.601. The van der Waals surface area contributed by atoms with Crippen LogP contribution < -0.4 is 4.90 Å². The van der Waals surface area contributed by atoms with Gasteiger partial charge >= 0.3 is 0 Å². The van der Waals surface area contributed by atoms with E-state index in [0.717, 1.165) is 37.8 Å². The predicted octanol–water partition coefficient (Wildman–Crippen LogP) is 4.43. The van der Waals surface area contributed by atoms with Crippen LogP contribution in [-0.4, -0.2) is 52.1 Å². The lowest BCUT2D eigenvalue weighted by molar-refractivity contribution is -0.137. The van der Waals surface area contributed by atoms with E-state index in [-0.39, 0.29) is 17.6 Å². The van der Waals surface area contributed by atoms with E-state index in [1.807, 2.05) is 11.9 Å².